The van der Waals surface area contributed by atoms with Gasteiger partial charge in [-0.2, -0.15) is 5.10 Å². The molecule has 0 saturated heterocycles. The van der Waals surface area contributed by atoms with E-state index in [4.69, 9.17) is 0 Å². The van der Waals surface area contributed by atoms with Crippen LogP contribution in [-0.2, 0) is 9.59 Å². The Morgan fingerprint density at radius 2 is 1.26 bits per heavy atom. The van der Waals surface area contributed by atoms with Gasteiger partial charge in [-0.25, -0.2) is 9.80 Å². The Hall–Kier alpha value is -4.46. The Bertz CT molecular complexity index is 1180. The Morgan fingerprint density at radius 1 is 0.706 bits per heavy atom. The van der Waals surface area contributed by atoms with E-state index in [0.717, 1.165) is 11.3 Å². The highest BCUT2D eigenvalue weighted by atomic mass is 16.2. The number of nitrogens with zero attached hydrogens (tertiary/aromatic N) is 2. The summed E-state index contributed by atoms with van der Waals surface area (Å²) in [4.78, 5) is 36.8. The molecule has 1 aliphatic heterocycles. The minimum absolute atomic E-state index is 0.0605. The monoisotopic (exact) mass is 455 g/mol. The van der Waals surface area contributed by atoms with Gasteiger partial charge >= 0.3 is 6.03 Å². The van der Waals surface area contributed by atoms with Crippen LogP contribution in [0.2, 0.25) is 0 Å². The fraction of sp³-hybridized carbons (Fsp3) is 0.154. The van der Waals surface area contributed by atoms with Gasteiger partial charge in [0.25, 0.3) is 0 Å². The van der Waals surface area contributed by atoms with Gasteiger partial charge in [0.05, 0.1) is 12.3 Å². The minimum Gasteiger partial charge on any atom is -0.326 e. The maximum atomic E-state index is 12.5. The smallest absolute Gasteiger partial charge is 0.323 e. The van der Waals surface area contributed by atoms with Crippen molar-refractivity contribution < 1.29 is 14.4 Å². The average Bonchev–Trinajstić information content (AvgIpc) is 3.35. The molecule has 0 fully saturated rings. The van der Waals surface area contributed by atoms with Gasteiger partial charge in [-0.3, -0.25) is 9.59 Å². The van der Waals surface area contributed by atoms with Crippen molar-refractivity contribution in [1.29, 1.82) is 0 Å². The van der Waals surface area contributed by atoms with Crippen LogP contribution >= 0.6 is 0 Å². The molecule has 3 aromatic rings. The zero-order chi connectivity index (χ0) is 23.8. The highest BCUT2D eigenvalue weighted by Gasteiger charge is 2.21. The number of hydrogen-bond acceptors (Lipinski definition) is 4. The van der Waals surface area contributed by atoms with E-state index < -0.39 is 0 Å². The van der Waals surface area contributed by atoms with Crippen molar-refractivity contribution >= 4 is 40.6 Å². The summed E-state index contributed by atoms with van der Waals surface area (Å²) in [6.07, 6.45) is 0.841. The van der Waals surface area contributed by atoms with Gasteiger partial charge in [-0.05, 0) is 42.0 Å². The van der Waals surface area contributed by atoms with E-state index in [1.165, 1.54) is 5.01 Å². The summed E-state index contributed by atoms with van der Waals surface area (Å²) in [5.74, 6) is -0.438. The maximum Gasteiger partial charge on any atom is 0.323 e. The number of rotatable bonds is 7. The largest absolute Gasteiger partial charge is 0.326 e. The van der Waals surface area contributed by atoms with Crippen LogP contribution in [0.3, 0.4) is 0 Å². The fourth-order valence-electron chi connectivity index (χ4n) is 3.50. The van der Waals surface area contributed by atoms with Crippen molar-refractivity contribution in [3.05, 3.63) is 90.5 Å². The van der Waals surface area contributed by atoms with E-state index in [0.29, 0.717) is 30.0 Å². The van der Waals surface area contributed by atoms with Gasteiger partial charge in [0, 0.05) is 36.3 Å². The zero-order valence-electron chi connectivity index (χ0n) is 18.5. The van der Waals surface area contributed by atoms with E-state index in [-0.39, 0.29) is 30.7 Å². The summed E-state index contributed by atoms with van der Waals surface area (Å²) in [6.45, 7) is 0.525. The molecule has 0 bridgehead atoms. The standard InChI is InChI=1S/C26H25N5O3/c32-24(15-16-25(33)31-18-17-23(30-31)19-7-3-1-4-8-19)27-21-11-13-22(14-12-21)29-26(34)28-20-9-5-2-6-10-20/h1-14H,15-18H2,(H,27,32)(H2,28,29,34). The molecule has 0 aromatic heterocycles. The number of carbonyl (C=O) groups is 3. The van der Waals surface area contributed by atoms with E-state index in [9.17, 15) is 14.4 Å². The molecule has 0 atom stereocenters. The lowest BCUT2D eigenvalue weighted by atomic mass is 10.1. The van der Waals surface area contributed by atoms with Gasteiger partial charge < -0.3 is 16.0 Å². The van der Waals surface area contributed by atoms with Crippen LogP contribution in [0.4, 0.5) is 21.9 Å². The first kappa shape index (κ1) is 22.7. The zero-order valence-corrected chi connectivity index (χ0v) is 18.5. The summed E-state index contributed by atoms with van der Waals surface area (Å²) in [5.41, 5.74) is 3.74. The average molecular weight is 456 g/mol. The molecule has 172 valence electrons. The van der Waals surface area contributed by atoms with Crippen molar-refractivity contribution in [2.75, 3.05) is 22.5 Å². The van der Waals surface area contributed by atoms with Crippen LogP contribution in [0.15, 0.2) is 90.0 Å². The van der Waals surface area contributed by atoms with E-state index >= 15 is 0 Å². The van der Waals surface area contributed by atoms with Crippen molar-refractivity contribution in [2.45, 2.75) is 19.3 Å². The number of nitrogens with one attached hydrogen (secondary N) is 3. The van der Waals surface area contributed by atoms with Crippen molar-refractivity contribution in [3.8, 4) is 0 Å². The van der Waals surface area contributed by atoms with Gasteiger partial charge in [0.1, 0.15) is 0 Å². The van der Waals surface area contributed by atoms with Crippen molar-refractivity contribution in [3.63, 3.8) is 0 Å². The van der Waals surface area contributed by atoms with Crippen LogP contribution in [0.1, 0.15) is 24.8 Å². The SMILES string of the molecule is O=C(CCC(=O)N1CCC(c2ccccc2)=N1)Nc1ccc(NC(=O)Nc2ccccc2)cc1. The number of amides is 4. The molecule has 0 radical (unpaired) electrons. The second-order valence-electron chi connectivity index (χ2n) is 7.75. The highest BCUT2D eigenvalue weighted by Crippen LogP contribution is 2.17. The molecule has 0 aliphatic carbocycles. The van der Waals surface area contributed by atoms with E-state index in [1.54, 1.807) is 36.4 Å². The molecule has 0 spiro atoms. The Kier molecular flexibility index (Phi) is 7.29. The first-order valence-electron chi connectivity index (χ1n) is 11.0. The van der Waals surface area contributed by atoms with Gasteiger partial charge in [-0.1, -0.05) is 48.5 Å². The molecule has 3 N–H and O–H groups in total. The number of benzene rings is 3. The first-order valence-corrected chi connectivity index (χ1v) is 11.0. The minimum atomic E-state index is -0.360. The number of para-hydroxylation sites is 1. The van der Waals surface area contributed by atoms with Crippen molar-refractivity contribution in [1.82, 2.24) is 5.01 Å². The molecular weight excluding hydrogens is 430 g/mol. The molecule has 1 heterocycles. The van der Waals surface area contributed by atoms with Gasteiger partial charge in [0.2, 0.25) is 11.8 Å². The summed E-state index contributed by atoms with van der Waals surface area (Å²) in [5, 5.41) is 14.1. The van der Waals surface area contributed by atoms with E-state index in [2.05, 4.69) is 21.1 Å². The molecule has 0 saturated carbocycles. The normalized spacial score (nSPS) is 12.6. The molecule has 34 heavy (non-hydrogen) atoms. The first-order chi connectivity index (χ1) is 16.6. The van der Waals surface area contributed by atoms with Crippen molar-refractivity contribution in [2.24, 2.45) is 5.10 Å². The highest BCUT2D eigenvalue weighted by molar-refractivity contribution is 6.03. The summed E-state index contributed by atoms with van der Waals surface area (Å²) in [6, 6.07) is 25.3. The van der Waals surface area contributed by atoms with Gasteiger partial charge in [0.15, 0.2) is 0 Å². The predicted molar refractivity (Wildman–Crippen MR) is 133 cm³/mol. The Labute approximate surface area is 197 Å². The van der Waals surface area contributed by atoms with E-state index in [1.807, 2.05) is 48.5 Å². The lowest BCUT2D eigenvalue weighted by molar-refractivity contribution is -0.132. The number of carbonyl (C=O) groups excluding carboxylic acids is 3. The lowest BCUT2D eigenvalue weighted by Crippen LogP contribution is -2.25. The van der Waals surface area contributed by atoms with Crippen LogP contribution in [-0.4, -0.2) is 35.1 Å². The third kappa shape index (κ3) is 6.29. The topological polar surface area (TPSA) is 103 Å². The lowest BCUT2D eigenvalue weighted by Gasteiger charge is -2.11. The molecular formula is C26H25N5O3. The molecule has 3 aromatic carbocycles. The number of hydrazone groups is 1. The molecule has 4 amide bonds. The summed E-state index contributed by atoms with van der Waals surface area (Å²) < 4.78 is 0. The van der Waals surface area contributed by atoms with Gasteiger partial charge in [-0.15, -0.1) is 0 Å². The Morgan fingerprint density at radius 3 is 1.91 bits per heavy atom. The number of hydrogen-bond donors (Lipinski definition) is 3. The van der Waals surface area contributed by atoms with Crippen LogP contribution in [0.5, 0.6) is 0 Å². The molecule has 8 heteroatoms. The molecule has 8 nitrogen and oxygen atoms in total. The third-order valence-corrected chi connectivity index (χ3v) is 5.22. The maximum absolute atomic E-state index is 12.5. The number of anilines is 3. The molecule has 4 rings (SSSR count). The van der Waals surface area contributed by atoms with Crippen LogP contribution in [0, 0.1) is 0 Å². The number of urea groups is 1. The Balaban J connectivity index is 1.21. The molecule has 1 aliphatic rings. The van der Waals surface area contributed by atoms with Crippen LogP contribution in [0.25, 0.3) is 0 Å². The summed E-state index contributed by atoms with van der Waals surface area (Å²) in [7, 11) is 0. The second kappa shape index (κ2) is 10.9. The fourth-order valence-corrected chi connectivity index (χ4v) is 3.50. The molecule has 0 unspecified atom stereocenters. The van der Waals surface area contributed by atoms with Crippen LogP contribution < -0.4 is 16.0 Å². The quantitative estimate of drug-likeness (QED) is 0.482. The predicted octanol–water partition coefficient (Wildman–Crippen LogP) is 4.69. The second-order valence-corrected chi connectivity index (χ2v) is 7.75. The summed E-state index contributed by atoms with van der Waals surface area (Å²) >= 11 is 0. The third-order valence-electron chi connectivity index (χ3n) is 5.22.